The number of anilines is 3. The summed E-state index contributed by atoms with van der Waals surface area (Å²) in [5.74, 6) is 0. The highest BCUT2D eigenvalue weighted by Crippen LogP contribution is 2.60. The Hall–Kier alpha value is -4.98. The van der Waals surface area contributed by atoms with Crippen molar-refractivity contribution in [3.63, 3.8) is 0 Å². The number of hydrogen-bond acceptors (Lipinski definition) is 5. The molecule has 0 saturated carbocycles. The van der Waals surface area contributed by atoms with Crippen LogP contribution in [0.15, 0.2) is 103 Å². The maximum absolute atomic E-state index is 9.13. The van der Waals surface area contributed by atoms with E-state index in [4.69, 9.17) is 11.8 Å². The molecule has 6 aromatic rings. The molecule has 3 aromatic heterocycles. The Balaban J connectivity index is 1.15. The number of fused-ring (bicyclic) bond motifs is 3. The van der Waals surface area contributed by atoms with E-state index in [1.165, 1.54) is 116 Å². The zero-order chi connectivity index (χ0) is 42.6. The van der Waals surface area contributed by atoms with Crippen molar-refractivity contribution in [2.24, 2.45) is 0 Å². The monoisotopic (exact) mass is 857 g/mol. The van der Waals surface area contributed by atoms with Crippen LogP contribution in [0.25, 0.3) is 43.3 Å². The highest BCUT2D eigenvalue weighted by molar-refractivity contribution is 7.24. The minimum Gasteiger partial charge on any atom is -0.311 e. The van der Waals surface area contributed by atoms with Gasteiger partial charge in [0.15, 0.2) is 0 Å². The van der Waals surface area contributed by atoms with Gasteiger partial charge in [-0.1, -0.05) is 139 Å². The van der Waals surface area contributed by atoms with E-state index in [0.29, 0.717) is 0 Å². The Morgan fingerprint density at radius 1 is 0.639 bits per heavy atom. The van der Waals surface area contributed by atoms with Gasteiger partial charge in [0.2, 0.25) is 0 Å². The second-order valence-corrected chi connectivity index (χ2v) is 20.2. The molecule has 0 aliphatic heterocycles. The van der Waals surface area contributed by atoms with E-state index in [9.17, 15) is 0 Å². The molecule has 61 heavy (non-hydrogen) atoms. The molecule has 0 atom stereocenters. The molecule has 3 aromatic carbocycles. The summed E-state index contributed by atoms with van der Waals surface area (Å²) >= 11 is 5.60. The van der Waals surface area contributed by atoms with E-state index >= 15 is 0 Å². The molecule has 3 heterocycles. The lowest BCUT2D eigenvalue weighted by molar-refractivity contribution is 0.398. The predicted molar refractivity (Wildman–Crippen MR) is 267 cm³/mol. The fourth-order valence-corrected chi connectivity index (χ4v) is 12.3. The zero-order valence-electron chi connectivity index (χ0n) is 36.4. The SMILES string of the molecule is [C-]#[N+]/C(C#N)=C/c1ccc(/C=C/c2ccc(N(c3ccc(C)cc3)c3ccc(-c4cc5c(s4)-c4sc(C)cc4C5(CCCCCCCC)CCCCCCCC)cc3)cc2)s1. The van der Waals surface area contributed by atoms with Crippen molar-refractivity contribution in [2.45, 2.75) is 123 Å². The van der Waals surface area contributed by atoms with Gasteiger partial charge in [0, 0.05) is 51.7 Å². The van der Waals surface area contributed by atoms with E-state index in [0.717, 1.165) is 32.4 Å². The zero-order valence-corrected chi connectivity index (χ0v) is 38.9. The minimum atomic E-state index is 0.0992. The molecule has 312 valence electrons. The van der Waals surface area contributed by atoms with Crippen LogP contribution in [-0.4, -0.2) is 0 Å². The molecule has 3 nitrogen and oxygen atoms in total. The van der Waals surface area contributed by atoms with Crippen molar-refractivity contribution >= 4 is 69.3 Å². The third-order valence-electron chi connectivity index (χ3n) is 12.2. The fourth-order valence-electron chi connectivity index (χ4n) is 8.91. The molecule has 0 amide bonds. The Kier molecular flexibility index (Phi) is 15.3. The van der Waals surface area contributed by atoms with Crippen molar-refractivity contribution in [1.29, 1.82) is 5.26 Å². The first-order valence-corrected chi connectivity index (χ1v) is 24.9. The van der Waals surface area contributed by atoms with Crippen LogP contribution in [-0.2, 0) is 5.41 Å². The molecule has 0 N–H and O–H groups in total. The largest absolute Gasteiger partial charge is 0.311 e. The summed E-state index contributed by atoms with van der Waals surface area (Å²) in [6, 6.07) is 37.9. The number of benzene rings is 3. The molecular formula is C55H59N3S3. The van der Waals surface area contributed by atoms with E-state index in [2.05, 4.69) is 135 Å². The van der Waals surface area contributed by atoms with Crippen LogP contribution in [0.5, 0.6) is 0 Å². The van der Waals surface area contributed by atoms with E-state index < -0.39 is 0 Å². The van der Waals surface area contributed by atoms with E-state index in [1.54, 1.807) is 33.4 Å². The number of hydrogen-bond donors (Lipinski definition) is 0. The maximum atomic E-state index is 9.13. The van der Waals surface area contributed by atoms with E-state index in [-0.39, 0.29) is 11.1 Å². The minimum absolute atomic E-state index is 0.0992. The first kappa shape index (κ1) is 44.1. The average Bonchev–Trinajstić information content (AvgIpc) is 4.07. The third-order valence-corrected chi connectivity index (χ3v) is 15.6. The number of nitriles is 1. The highest BCUT2D eigenvalue weighted by atomic mass is 32.1. The summed E-state index contributed by atoms with van der Waals surface area (Å²) in [6.45, 7) is 16.2. The quantitative estimate of drug-likeness (QED) is 0.0410. The first-order valence-electron chi connectivity index (χ1n) is 22.5. The number of allylic oxidation sites excluding steroid dienone is 1. The van der Waals surface area contributed by atoms with Gasteiger partial charge in [-0.05, 0) is 122 Å². The number of aryl methyl sites for hydroxylation is 2. The second kappa shape index (κ2) is 21.2. The van der Waals surface area contributed by atoms with Crippen LogP contribution in [0.3, 0.4) is 0 Å². The predicted octanol–water partition coefficient (Wildman–Crippen LogP) is 18.3. The van der Waals surface area contributed by atoms with Gasteiger partial charge in [-0.3, -0.25) is 0 Å². The number of thiophene rings is 3. The van der Waals surface area contributed by atoms with Gasteiger partial charge in [0.05, 0.1) is 12.6 Å². The molecule has 0 unspecified atom stereocenters. The number of rotatable bonds is 21. The van der Waals surface area contributed by atoms with Crippen molar-refractivity contribution < 1.29 is 0 Å². The summed E-state index contributed by atoms with van der Waals surface area (Å²) in [7, 11) is 0. The van der Waals surface area contributed by atoms with Gasteiger partial charge in [0.1, 0.15) is 0 Å². The molecule has 0 spiro atoms. The molecule has 1 aliphatic carbocycles. The second-order valence-electron chi connectivity index (χ2n) is 16.7. The molecule has 7 rings (SSSR count). The lowest BCUT2D eigenvalue weighted by Crippen LogP contribution is -2.25. The van der Waals surface area contributed by atoms with Crippen molar-refractivity contribution in [3.05, 3.63) is 151 Å². The lowest BCUT2D eigenvalue weighted by Gasteiger charge is -2.31. The van der Waals surface area contributed by atoms with Gasteiger partial charge in [-0.2, -0.15) is 0 Å². The van der Waals surface area contributed by atoms with Crippen LogP contribution in [0, 0.1) is 31.8 Å². The topological polar surface area (TPSA) is 31.4 Å². The van der Waals surface area contributed by atoms with E-state index in [1.807, 2.05) is 40.9 Å². The number of nitrogens with zero attached hydrogens (tertiary/aromatic N) is 3. The van der Waals surface area contributed by atoms with Gasteiger partial charge in [-0.25, -0.2) is 10.1 Å². The summed E-state index contributed by atoms with van der Waals surface area (Å²) in [5, 5.41) is 9.13. The van der Waals surface area contributed by atoms with Gasteiger partial charge >= 0.3 is 0 Å². The van der Waals surface area contributed by atoms with Crippen LogP contribution in [0.4, 0.5) is 17.1 Å². The van der Waals surface area contributed by atoms with Crippen molar-refractivity contribution in [2.75, 3.05) is 4.90 Å². The molecule has 0 bridgehead atoms. The van der Waals surface area contributed by atoms with Gasteiger partial charge in [0.25, 0.3) is 5.70 Å². The Morgan fingerprint density at radius 3 is 1.79 bits per heavy atom. The average molecular weight is 858 g/mol. The molecular weight excluding hydrogens is 799 g/mol. The van der Waals surface area contributed by atoms with Crippen molar-refractivity contribution in [1.82, 2.24) is 0 Å². The molecule has 1 aliphatic rings. The third kappa shape index (κ3) is 10.6. The highest BCUT2D eigenvalue weighted by Gasteiger charge is 2.45. The Labute approximate surface area is 377 Å². The van der Waals surface area contributed by atoms with Crippen molar-refractivity contribution in [3.8, 4) is 26.3 Å². The summed E-state index contributed by atoms with van der Waals surface area (Å²) in [6.07, 6.45) is 24.4. The van der Waals surface area contributed by atoms with Crippen LogP contribution < -0.4 is 4.90 Å². The smallest absolute Gasteiger partial charge is 0.263 e. The van der Waals surface area contributed by atoms with Gasteiger partial charge in [-0.15, -0.1) is 34.0 Å². The van der Waals surface area contributed by atoms with Crippen LogP contribution >= 0.6 is 34.0 Å². The van der Waals surface area contributed by atoms with Crippen LogP contribution in [0.2, 0.25) is 0 Å². The standard InChI is InChI=1S/C55H59N3S3/c1-6-8-10-12-14-16-34-55(35-17-15-13-11-9-7-2)50-36-41(4)59-53(50)54-51(55)38-52(61-54)43-23-29-47(30-24-43)58(45-25-18-40(3)19-26-45)46-27-20-42(21-28-46)22-31-48-32-33-49(60-48)37-44(39-56)57-5/h18-33,36-38H,6-17,34-35H2,1-4H3/b31-22+,44-37+. The summed E-state index contributed by atoms with van der Waals surface area (Å²) in [5.41, 5.74) is 10.5. The van der Waals surface area contributed by atoms with Gasteiger partial charge < -0.3 is 4.90 Å². The Morgan fingerprint density at radius 2 is 1.18 bits per heavy atom. The lowest BCUT2D eigenvalue weighted by atomic mass is 9.71. The Bertz CT molecular complexity index is 2460. The maximum Gasteiger partial charge on any atom is 0.263 e. The fraction of sp³-hybridized carbons (Fsp3) is 0.345. The first-order chi connectivity index (χ1) is 29.8. The normalized spacial score (nSPS) is 13.0. The molecule has 0 radical (unpaired) electrons. The molecule has 0 fully saturated rings. The molecule has 6 heteroatoms. The summed E-state index contributed by atoms with van der Waals surface area (Å²) in [4.78, 5) is 13.5. The van der Waals surface area contributed by atoms with Crippen LogP contribution in [0.1, 0.15) is 141 Å². The molecule has 0 saturated heterocycles. The summed E-state index contributed by atoms with van der Waals surface area (Å²) < 4.78 is 0. The number of unbranched alkanes of at least 4 members (excludes halogenated alkanes) is 10.